The van der Waals surface area contributed by atoms with Gasteiger partial charge < -0.3 is 58.6 Å². The van der Waals surface area contributed by atoms with Crippen molar-refractivity contribution in [3.8, 4) is 5.75 Å². The van der Waals surface area contributed by atoms with E-state index >= 15 is 0 Å². The maximum Gasteiger partial charge on any atom is 0.310 e. The fourth-order valence-corrected chi connectivity index (χ4v) is 6.39. The van der Waals surface area contributed by atoms with Gasteiger partial charge in [0.05, 0.1) is 17.5 Å². The lowest BCUT2D eigenvalue weighted by molar-refractivity contribution is -0.385. The number of nitrogens with one attached hydrogen (secondary N) is 5. The zero-order chi connectivity index (χ0) is 42.7. The maximum atomic E-state index is 13.9. The highest BCUT2D eigenvalue weighted by atomic mass is 16.6. The van der Waals surface area contributed by atoms with Crippen LogP contribution in [0.4, 0.5) is 5.69 Å². The molecule has 1 heterocycles. The predicted molar refractivity (Wildman–Crippen MR) is 209 cm³/mol. The van der Waals surface area contributed by atoms with E-state index in [1.54, 1.807) is 0 Å². The minimum absolute atomic E-state index is 0.0306. The molecule has 6 atom stereocenters. The summed E-state index contributed by atoms with van der Waals surface area (Å²) >= 11 is 0. The first-order valence-electron chi connectivity index (χ1n) is 19.4. The highest BCUT2D eigenvalue weighted by molar-refractivity contribution is 5.97. The van der Waals surface area contributed by atoms with Crippen LogP contribution in [0.15, 0.2) is 18.2 Å². The van der Waals surface area contributed by atoms with Crippen LogP contribution in [-0.2, 0) is 40.0 Å². The molecule has 20 heteroatoms. The number of aromatic hydroxyl groups is 1. The zero-order valence-electron chi connectivity index (χ0n) is 33.0. The number of nitrogens with two attached hydrogens (primary N) is 3. The highest BCUT2D eigenvalue weighted by Crippen LogP contribution is 2.27. The van der Waals surface area contributed by atoms with Gasteiger partial charge in [0, 0.05) is 19.0 Å². The van der Waals surface area contributed by atoms with Crippen molar-refractivity contribution >= 4 is 47.4 Å². The van der Waals surface area contributed by atoms with Crippen LogP contribution in [0.2, 0.25) is 0 Å². The third-order valence-corrected chi connectivity index (χ3v) is 9.40. The van der Waals surface area contributed by atoms with E-state index in [9.17, 15) is 48.8 Å². The van der Waals surface area contributed by atoms with Gasteiger partial charge >= 0.3 is 5.69 Å². The van der Waals surface area contributed by atoms with Crippen molar-refractivity contribution < 1.29 is 43.6 Å². The first kappa shape index (κ1) is 47.9. The van der Waals surface area contributed by atoms with Crippen LogP contribution in [0.25, 0.3) is 0 Å². The van der Waals surface area contributed by atoms with Gasteiger partial charge in [0.1, 0.15) is 36.5 Å². The Bertz CT molecular complexity index is 1560. The number of nitro benzene ring substituents is 1. The number of likely N-dealkylation sites (tertiary alicyclic amines) is 1. The standard InChI is InChI=1S/C37H60N10O10/c1-22(2)19-28(45-32(50)23(3)40)37(55)46-17-8-11-29(46)36(54)43-26(10-5-7-15-39)34(52)42-25(9-4-6-14-38)35(53)44-27(33(51)41-16-18-48)20-24-12-13-31(49)30(21-24)47(56)57/h12-13,18,21-23,25-29,49H,4-11,14-17,19-20,38-40H2,1-3H3,(H,41,51)(H,42,52)(H,43,54)(H,44,53)(H,45,50)/t23-,25-,26-,27-,28-,29-/m0/s1. The smallest absolute Gasteiger partial charge is 0.310 e. The molecule has 0 unspecified atom stereocenters. The number of phenols is 1. The van der Waals surface area contributed by atoms with Crippen molar-refractivity contribution in [2.45, 2.75) is 121 Å². The molecule has 1 aliphatic rings. The molecule has 1 aromatic rings. The molecule has 1 aromatic carbocycles. The summed E-state index contributed by atoms with van der Waals surface area (Å²) in [6.45, 7) is 5.77. The Morgan fingerprint density at radius 1 is 0.877 bits per heavy atom. The van der Waals surface area contributed by atoms with Crippen LogP contribution < -0.4 is 43.8 Å². The summed E-state index contributed by atoms with van der Waals surface area (Å²) in [6, 6.07) is -2.98. The fourth-order valence-electron chi connectivity index (χ4n) is 6.39. The van der Waals surface area contributed by atoms with Gasteiger partial charge in [-0.05, 0) is 95.3 Å². The molecule has 0 aromatic heterocycles. The Labute approximate surface area is 332 Å². The van der Waals surface area contributed by atoms with Crippen LogP contribution in [0.1, 0.15) is 84.1 Å². The first-order valence-corrected chi connectivity index (χ1v) is 19.4. The third-order valence-electron chi connectivity index (χ3n) is 9.40. The van der Waals surface area contributed by atoms with E-state index in [2.05, 4.69) is 26.6 Å². The molecule has 0 bridgehead atoms. The van der Waals surface area contributed by atoms with E-state index in [4.69, 9.17) is 17.2 Å². The lowest BCUT2D eigenvalue weighted by Crippen LogP contribution is -2.59. The van der Waals surface area contributed by atoms with Gasteiger partial charge in [-0.3, -0.25) is 38.9 Å². The number of hydrogen-bond acceptors (Lipinski definition) is 13. The van der Waals surface area contributed by atoms with E-state index in [1.807, 2.05) is 13.8 Å². The van der Waals surface area contributed by atoms with Crippen molar-refractivity contribution in [1.29, 1.82) is 0 Å². The molecule has 0 aliphatic carbocycles. The van der Waals surface area contributed by atoms with E-state index in [0.717, 1.165) is 12.1 Å². The molecule has 12 N–H and O–H groups in total. The second-order valence-electron chi connectivity index (χ2n) is 14.6. The molecule has 2 rings (SSSR count). The molecule has 20 nitrogen and oxygen atoms in total. The molecule has 0 spiro atoms. The molecule has 1 fully saturated rings. The highest BCUT2D eigenvalue weighted by Gasteiger charge is 2.39. The number of aldehydes is 1. The summed E-state index contributed by atoms with van der Waals surface area (Å²) in [7, 11) is 0. The van der Waals surface area contributed by atoms with E-state index in [0.29, 0.717) is 64.3 Å². The van der Waals surface area contributed by atoms with Gasteiger partial charge in [-0.25, -0.2) is 0 Å². The van der Waals surface area contributed by atoms with Gasteiger partial charge in [-0.15, -0.1) is 0 Å². The SMILES string of the molecule is CC(C)C[C@H](NC(=O)[C@H](C)N)C(=O)N1CCC[C@H]1C(=O)N[C@@H](CCCCN)C(=O)N[C@@H](CCCCN)C(=O)N[C@@H](Cc1ccc(O)c([N+](=O)[O-])c1)C(=O)NCC=O. The van der Waals surface area contributed by atoms with Gasteiger partial charge in [0.15, 0.2) is 5.75 Å². The maximum absolute atomic E-state index is 13.9. The third kappa shape index (κ3) is 15.7. The van der Waals surface area contributed by atoms with Crippen LogP contribution in [0.3, 0.4) is 0 Å². The first-order chi connectivity index (χ1) is 27.0. The Hall–Kier alpha value is -5.21. The summed E-state index contributed by atoms with van der Waals surface area (Å²) < 4.78 is 0. The number of carbonyl (C=O) groups is 7. The lowest BCUT2D eigenvalue weighted by Gasteiger charge is -2.31. The Morgan fingerprint density at radius 3 is 2.00 bits per heavy atom. The second-order valence-corrected chi connectivity index (χ2v) is 14.6. The molecular weight excluding hydrogens is 744 g/mol. The number of nitrogens with zero attached hydrogens (tertiary/aromatic N) is 2. The molecule has 318 valence electrons. The largest absolute Gasteiger partial charge is 0.502 e. The molecule has 6 amide bonds. The number of benzene rings is 1. The van der Waals surface area contributed by atoms with E-state index < -0.39 is 88.1 Å². The van der Waals surface area contributed by atoms with E-state index in [1.165, 1.54) is 17.9 Å². The summed E-state index contributed by atoms with van der Waals surface area (Å²) in [5.41, 5.74) is 16.7. The zero-order valence-corrected chi connectivity index (χ0v) is 33.0. The summed E-state index contributed by atoms with van der Waals surface area (Å²) in [5, 5.41) is 34.4. The molecular formula is C37H60N10O10. The molecule has 0 saturated carbocycles. The number of hydrogen-bond donors (Lipinski definition) is 9. The average Bonchev–Trinajstić information content (AvgIpc) is 3.66. The second kappa shape index (κ2) is 24.4. The van der Waals surface area contributed by atoms with Crippen molar-refractivity contribution in [1.82, 2.24) is 31.5 Å². The number of carbonyl (C=O) groups excluding carboxylic acids is 7. The van der Waals surface area contributed by atoms with Crippen molar-refractivity contribution in [2.75, 3.05) is 26.2 Å². The number of rotatable bonds is 25. The normalized spacial score (nSPS) is 16.4. The Morgan fingerprint density at radius 2 is 1.46 bits per heavy atom. The van der Waals surface area contributed by atoms with Gasteiger partial charge in [0.2, 0.25) is 35.4 Å². The number of amides is 6. The topological polar surface area (TPSA) is 324 Å². The quantitative estimate of drug-likeness (QED) is 0.0242. The van der Waals surface area contributed by atoms with E-state index in [-0.39, 0.29) is 43.8 Å². The van der Waals surface area contributed by atoms with Gasteiger partial charge in [-0.2, -0.15) is 0 Å². The van der Waals surface area contributed by atoms with Crippen molar-refractivity contribution in [3.05, 3.63) is 33.9 Å². The van der Waals surface area contributed by atoms with Gasteiger partial charge in [-0.1, -0.05) is 19.9 Å². The van der Waals surface area contributed by atoms with Crippen LogP contribution in [0.5, 0.6) is 5.75 Å². The minimum Gasteiger partial charge on any atom is -0.502 e. The molecule has 1 aliphatic heterocycles. The lowest BCUT2D eigenvalue weighted by atomic mass is 10.0. The average molecular weight is 805 g/mol. The van der Waals surface area contributed by atoms with Crippen LogP contribution in [0, 0.1) is 16.0 Å². The van der Waals surface area contributed by atoms with Crippen LogP contribution >= 0.6 is 0 Å². The predicted octanol–water partition coefficient (Wildman–Crippen LogP) is -1.26. The van der Waals surface area contributed by atoms with Crippen LogP contribution in [-0.4, -0.2) is 119 Å². The number of unbranched alkanes of at least 4 members (excludes halogenated alkanes) is 2. The summed E-state index contributed by atoms with van der Waals surface area (Å²) in [5.74, 6) is -4.38. The fraction of sp³-hybridized carbons (Fsp3) is 0.649. The molecule has 1 saturated heterocycles. The Balaban J connectivity index is 2.35. The minimum atomic E-state index is -1.36. The summed E-state index contributed by atoms with van der Waals surface area (Å²) in [4.78, 5) is 104. The van der Waals surface area contributed by atoms with Gasteiger partial charge in [0.25, 0.3) is 0 Å². The molecule has 0 radical (unpaired) electrons. The summed E-state index contributed by atoms with van der Waals surface area (Å²) in [6.07, 6.45) is 3.36. The Kier molecular flexibility index (Phi) is 20.5. The molecule has 57 heavy (non-hydrogen) atoms. The van der Waals surface area contributed by atoms with Crippen molar-refractivity contribution in [2.24, 2.45) is 23.1 Å². The number of nitro groups is 1. The van der Waals surface area contributed by atoms with Crippen molar-refractivity contribution in [3.63, 3.8) is 0 Å². The monoisotopic (exact) mass is 804 g/mol. The number of phenolic OH excluding ortho intramolecular Hbond substituents is 1.